The highest BCUT2D eigenvalue weighted by Crippen LogP contribution is 2.14. The predicted molar refractivity (Wildman–Crippen MR) is 65.3 cm³/mol. The summed E-state index contributed by atoms with van der Waals surface area (Å²) in [4.78, 5) is 20.6. The van der Waals surface area contributed by atoms with Crippen LogP contribution in [0.4, 0.5) is 0 Å². The Morgan fingerprint density at radius 1 is 1.60 bits per heavy atom. The fourth-order valence-electron chi connectivity index (χ4n) is 0.756. The van der Waals surface area contributed by atoms with Crippen LogP contribution in [0.5, 0.6) is 0 Å². The van der Waals surface area contributed by atoms with E-state index < -0.39 is 14.8 Å². The molecule has 7 heteroatoms. The minimum atomic E-state index is -3.02. The van der Waals surface area contributed by atoms with Gasteiger partial charge in [0.25, 0.3) is 0 Å². The summed E-state index contributed by atoms with van der Waals surface area (Å²) in [6.07, 6.45) is 0.499. The first-order chi connectivity index (χ1) is 6.95. The number of carbonyl (C=O) groups is 1. The fraction of sp³-hybridized carbons (Fsp3) is 0.625. The van der Waals surface area contributed by atoms with Crippen molar-refractivity contribution in [3.63, 3.8) is 0 Å². The van der Waals surface area contributed by atoms with Gasteiger partial charge in [-0.05, 0) is 13.3 Å². The number of ether oxygens (including phenoxy) is 1. The Balaban J connectivity index is 3.71. The van der Waals surface area contributed by atoms with Crippen LogP contribution in [-0.4, -0.2) is 33.3 Å². The Morgan fingerprint density at radius 3 is 2.60 bits per heavy atom. The molecule has 5 nitrogen and oxygen atoms in total. The largest absolute Gasteiger partial charge is 0.507 e. The van der Waals surface area contributed by atoms with Gasteiger partial charge < -0.3 is 16.7 Å². The molecular formula is C8H15IO5Si. The monoisotopic (exact) mass is 346 g/mol. The smallest absolute Gasteiger partial charge is 0.462 e. The van der Waals surface area contributed by atoms with Crippen LogP contribution in [0.1, 0.15) is 13.3 Å². The van der Waals surface area contributed by atoms with Crippen LogP contribution in [-0.2, 0) is 16.7 Å². The van der Waals surface area contributed by atoms with Gasteiger partial charge in [0, 0.05) is 18.7 Å². The van der Waals surface area contributed by atoms with E-state index in [-0.39, 0.29) is 6.61 Å². The molecule has 0 bridgehead atoms. The van der Waals surface area contributed by atoms with Gasteiger partial charge in [0.2, 0.25) is 0 Å². The van der Waals surface area contributed by atoms with Crippen molar-refractivity contribution in [2.45, 2.75) is 19.4 Å². The minimum absolute atomic E-state index is 0.227. The zero-order valence-electron chi connectivity index (χ0n) is 8.79. The summed E-state index contributed by atoms with van der Waals surface area (Å²) in [5, 5.41) is 0. The number of halogens is 1. The lowest BCUT2D eigenvalue weighted by Gasteiger charge is -2.17. The van der Waals surface area contributed by atoms with Crippen molar-refractivity contribution in [3.8, 4) is 0 Å². The molecule has 0 aliphatic rings. The summed E-state index contributed by atoms with van der Waals surface area (Å²) in [5.41, 5.74) is 0.361. The van der Waals surface area contributed by atoms with Crippen LogP contribution >= 0.6 is 23.0 Å². The standard InChI is InChI=1S/C8H15IO5Si/c1-7(2)8(10)13-5-4-6-15(11,12-3)14-9/h11H,1,4-6H2,2-3H3. The Morgan fingerprint density at radius 2 is 2.20 bits per heavy atom. The number of hydrogen-bond acceptors (Lipinski definition) is 5. The van der Waals surface area contributed by atoms with Crippen molar-refractivity contribution in [3.05, 3.63) is 12.2 Å². The van der Waals surface area contributed by atoms with Crippen LogP contribution < -0.4 is 0 Å². The molecule has 0 aliphatic heterocycles. The Labute approximate surface area is 104 Å². The van der Waals surface area contributed by atoms with E-state index in [2.05, 4.69) is 6.58 Å². The Hall–Kier alpha value is 0.0369. The van der Waals surface area contributed by atoms with Crippen LogP contribution in [0, 0.1) is 0 Å². The molecule has 0 spiro atoms. The Bertz CT molecular complexity index is 229. The highest BCUT2D eigenvalue weighted by atomic mass is 127. The molecule has 0 heterocycles. The number of hydrogen-bond donors (Lipinski definition) is 1. The first-order valence-electron chi connectivity index (χ1n) is 4.35. The zero-order chi connectivity index (χ0) is 11.9. The number of esters is 1. The minimum Gasteiger partial charge on any atom is -0.462 e. The predicted octanol–water partition coefficient (Wildman–Crippen LogP) is 1.44. The normalized spacial score (nSPS) is 14.4. The fourth-order valence-corrected chi connectivity index (χ4v) is 2.89. The van der Waals surface area contributed by atoms with Gasteiger partial charge in [0.1, 0.15) is 23.0 Å². The average molecular weight is 346 g/mol. The second-order valence-corrected chi connectivity index (χ2v) is 6.82. The van der Waals surface area contributed by atoms with E-state index in [1.165, 1.54) is 7.11 Å². The summed E-state index contributed by atoms with van der Waals surface area (Å²) in [6, 6.07) is 0.357. The van der Waals surface area contributed by atoms with Crippen LogP contribution in [0.15, 0.2) is 12.2 Å². The van der Waals surface area contributed by atoms with Crippen LogP contribution in [0.25, 0.3) is 0 Å². The molecule has 1 N–H and O–H groups in total. The molecule has 0 rings (SSSR count). The lowest BCUT2D eigenvalue weighted by molar-refractivity contribution is -0.139. The summed E-state index contributed by atoms with van der Waals surface area (Å²) < 4.78 is 14.5. The maximum atomic E-state index is 11.0. The molecule has 0 aromatic rings. The van der Waals surface area contributed by atoms with E-state index in [1.54, 1.807) is 29.9 Å². The van der Waals surface area contributed by atoms with Gasteiger partial charge >= 0.3 is 14.8 Å². The van der Waals surface area contributed by atoms with Gasteiger partial charge in [-0.15, -0.1) is 0 Å². The molecular weight excluding hydrogens is 331 g/mol. The van der Waals surface area contributed by atoms with E-state index in [4.69, 9.17) is 11.9 Å². The third kappa shape index (κ3) is 6.25. The van der Waals surface area contributed by atoms with Crippen molar-refractivity contribution in [1.82, 2.24) is 0 Å². The molecule has 0 aromatic carbocycles. The lowest BCUT2D eigenvalue weighted by atomic mass is 10.4. The topological polar surface area (TPSA) is 65.0 Å². The first kappa shape index (κ1) is 15.0. The molecule has 1 unspecified atom stereocenters. The summed E-state index contributed by atoms with van der Waals surface area (Å²) in [7, 11) is -1.63. The molecule has 15 heavy (non-hydrogen) atoms. The molecule has 88 valence electrons. The lowest BCUT2D eigenvalue weighted by Crippen LogP contribution is -2.38. The second kappa shape index (κ2) is 7.33. The molecule has 0 saturated heterocycles. The van der Waals surface area contributed by atoms with Gasteiger partial charge in [0.05, 0.1) is 6.61 Å². The van der Waals surface area contributed by atoms with Crippen LogP contribution in [0.3, 0.4) is 0 Å². The van der Waals surface area contributed by atoms with Gasteiger partial charge in [0.15, 0.2) is 0 Å². The summed E-state index contributed by atoms with van der Waals surface area (Å²) >= 11 is 1.61. The summed E-state index contributed by atoms with van der Waals surface area (Å²) in [5.74, 6) is -0.423. The molecule has 0 saturated carbocycles. The molecule has 0 amide bonds. The van der Waals surface area contributed by atoms with E-state index in [9.17, 15) is 9.59 Å². The van der Waals surface area contributed by atoms with E-state index in [0.717, 1.165) is 0 Å². The van der Waals surface area contributed by atoms with Crippen molar-refractivity contribution >= 4 is 37.8 Å². The maximum Gasteiger partial charge on any atom is 0.507 e. The van der Waals surface area contributed by atoms with E-state index in [0.29, 0.717) is 18.0 Å². The highest BCUT2D eigenvalue weighted by molar-refractivity contribution is 14.1. The molecule has 0 radical (unpaired) electrons. The van der Waals surface area contributed by atoms with Gasteiger partial charge in [-0.3, -0.25) is 0 Å². The molecule has 0 fully saturated rings. The summed E-state index contributed by atoms with van der Waals surface area (Å²) in [6.45, 7) is 5.26. The molecule has 0 aromatic heterocycles. The van der Waals surface area contributed by atoms with Crippen LogP contribution in [0.2, 0.25) is 6.04 Å². The maximum absolute atomic E-state index is 11.0. The van der Waals surface area contributed by atoms with Gasteiger partial charge in [-0.1, -0.05) is 6.58 Å². The SMILES string of the molecule is C=C(C)C(=O)OCCC[Si](O)(OC)OI. The third-order valence-corrected chi connectivity index (χ3v) is 5.59. The van der Waals surface area contributed by atoms with E-state index in [1.807, 2.05) is 0 Å². The van der Waals surface area contributed by atoms with Crippen molar-refractivity contribution in [2.75, 3.05) is 13.7 Å². The second-order valence-electron chi connectivity index (χ2n) is 3.01. The third-order valence-electron chi connectivity index (χ3n) is 1.66. The number of carbonyl (C=O) groups excluding carboxylic acids is 1. The van der Waals surface area contributed by atoms with Gasteiger partial charge in [-0.25, -0.2) is 4.79 Å². The highest BCUT2D eigenvalue weighted by Gasteiger charge is 2.34. The van der Waals surface area contributed by atoms with Crippen molar-refractivity contribution in [1.29, 1.82) is 0 Å². The van der Waals surface area contributed by atoms with Crippen molar-refractivity contribution < 1.29 is 21.5 Å². The molecule has 0 aliphatic carbocycles. The van der Waals surface area contributed by atoms with Crippen molar-refractivity contribution in [2.24, 2.45) is 0 Å². The number of rotatable bonds is 7. The first-order valence-corrected chi connectivity index (χ1v) is 7.20. The quantitative estimate of drug-likeness (QED) is 0.248. The van der Waals surface area contributed by atoms with E-state index >= 15 is 0 Å². The zero-order valence-corrected chi connectivity index (χ0v) is 11.9. The molecule has 1 atom stereocenters. The van der Waals surface area contributed by atoms with Gasteiger partial charge in [-0.2, -0.15) is 0 Å². The Kier molecular flexibility index (Phi) is 7.35. The average Bonchev–Trinajstić information content (AvgIpc) is 2.23.